The summed E-state index contributed by atoms with van der Waals surface area (Å²) in [6, 6.07) is 13.7. The molecule has 0 radical (unpaired) electrons. The predicted molar refractivity (Wildman–Crippen MR) is 119 cm³/mol. The molecule has 0 spiro atoms. The van der Waals surface area contributed by atoms with Gasteiger partial charge in [-0.2, -0.15) is 0 Å². The van der Waals surface area contributed by atoms with Crippen molar-refractivity contribution in [1.29, 1.82) is 0 Å². The van der Waals surface area contributed by atoms with E-state index in [0.29, 0.717) is 40.6 Å². The van der Waals surface area contributed by atoms with E-state index in [1.165, 1.54) is 4.57 Å². The average molecular weight is 442 g/mol. The fourth-order valence-corrected chi connectivity index (χ4v) is 3.86. The monoisotopic (exact) mass is 441 g/mol. The van der Waals surface area contributed by atoms with E-state index in [-0.39, 0.29) is 12.2 Å². The third kappa shape index (κ3) is 4.29. The van der Waals surface area contributed by atoms with Gasteiger partial charge in [0.15, 0.2) is 0 Å². The SMILES string of the molecule is CC(C)(C)OC(=O)N1CCOCC1c1nc2cccc(Cl)c2c(=O)n1-c1ccccc1. The van der Waals surface area contributed by atoms with Gasteiger partial charge in [-0.1, -0.05) is 35.9 Å². The summed E-state index contributed by atoms with van der Waals surface area (Å²) in [6.45, 7) is 6.36. The van der Waals surface area contributed by atoms with Crippen molar-refractivity contribution in [2.45, 2.75) is 32.4 Å². The second-order valence-electron chi connectivity index (χ2n) is 8.34. The van der Waals surface area contributed by atoms with Gasteiger partial charge in [-0.15, -0.1) is 0 Å². The third-order valence-electron chi connectivity index (χ3n) is 4.94. The van der Waals surface area contributed by atoms with E-state index in [0.717, 1.165) is 0 Å². The number of carbonyl (C=O) groups excluding carboxylic acids is 1. The largest absolute Gasteiger partial charge is 0.444 e. The van der Waals surface area contributed by atoms with Crippen LogP contribution in [0.4, 0.5) is 4.79 Å². The molecule has 0 N–H and O–H groups in total. The Hall–Kier alpha value is -2.90. The first-order valence-corrected chi connectivity index (χ1v) is 10.5. The van der Waals surface area contributed by atoms with Gasteiger partial charge in [0.1, 0.15) is 17.5 Å². The standard InChI is InChI=1S/C23H24ClN3O4/c1-23(2,3)31-22(29)26-12-13-30-14-18(26)20-25-17-11-7-10-16(24)19(17)21(28)27(20)15-8-5-4-6-9-15/h4-11,18H,12-14H2,1-3H3. The van der Waals surface area contributed by atoms with Crippen LogP contribution < -0.4 is 5.56 Å². The van der Waals surface area contributed by atoms with Crippen LogP contribution in [-0.2, 0) is 9.47 Å². The molecule has 1 unspecified atom stereocenters. The molecular weight excluding hydrogens is 418 g/mol. The normalized spacial score (nSPS) is 17.0. The van der Waals surface area contributed by atoms with E-state index in [2.05, 4.69) is 0 Å². The van der Waals surface area contributed by atoms with E-state index in [1.54, 1.807) is 23.1 Å². The Balaban J connectivity index is 1.93. The zero-order valence-corrected chi connectivity index (χ0v) is 18.4. The number of amides is 1. The highest BCUT2D eigenvalue weighted by Gasteiger charge is 2.35. The first-order valence-electron chi connectivity index (χ1n) is 10.1. The summed E-state index contributed by atoms with van der Waals surface area (Å²) >= 11 is 6.35. The first-order chi connectivity index (χ1) is 14.8. The van der Waals surface area contributed by atoms with Gasteiger partial charge >= 0.3 is 6.09 Å². The van der Waals surface area contributed by atoms with Crippen molar-refractivity contribution in [2.24, 2.45) is 0 Å². The Bertz CT molecular complexity index is 1170. The highest BCUT2D eigenvalue weighted by Crippen LogP contribution is 2.28. The minimum absolute atomic E-state index is 0.199. The lowest BCUT2D eigenvalue weighted by Crippen LogP contribution is -2.47. The van der Waals surface area contributed by atoms with Crippen LogP contribution in [0.5, 0.6) is 0 Å². The molecule has 31 heavy (non-hydrogen) atoms. The first kappa shape index (κ1) is 21.3. The molecule has 4 rings (SSSR count). The van der Waals surface area contributed by atoms with Gasteiger partial charge in [0.2, 0.25) is 0 Å². The molecular formula is C23H24ClN3O4. The molecule has 2 heterocycles. The van der Waals surface area contributed by atoms with Crippen LogP contribution in [0.1, 0.15) is 32.6 Å². The summed E-state index contributed by atoms with van der Waals surface area (Å²) in [5.41, 5.74) is 0.149. The summed E-state index contributed by atoms with van der Waals surface area (Å²) < 4.78 is 12.8. The molecule has 1 atom stereocenters. The minimum atomic E-state index is -0.649. The van der Waals surface area contributed by atoms with Crippen molar-refractivity contribution in [3.05, 3.63) is 69.7 Å². The fraction of sp³-hybridized carbons (Fsp3) is 0.348. The number of ether oxygens (including phenoxy) is 2. The quantitative estimate of drug-likeness (QED) is 0.591. The number of nitrogens with zero attached hydrogens (tertiary/aromatic N) is 3. The summed E-state index contributed by atoms with van der Waals surface area (Å²) in [6.07, 6.45) is -0.471. The molecule has 3 aromatic rings. The lowest BCUT2D eigenvalue weighted by molar-refractivity contribution is -0.0355. The summed E-state index contributed by atoms with van der Waals surface area (Å²) in [5, 5.41) is 0.660. The second kappa shape index (κ2) is 8.32. The molecule has 1 aromatic heterocycles. The summed E-state index contributed by atoms with van der Waals surface area (Å²) in [7, 11) is 0. The number of halogens is 1. The molecule has 8 heteroatoms. The maximum Gasteiger partial charge on any atom is 0.411 e. The van der Waals surface area contributed by atoms with Gasteiger partial charge < -0.3 is 9.47 Å². The van der Waals surface area contributed by atoms with E-state index >= 15 is 0 Å². The van der Waals surface area contributed by atoms with Gasteiger partial charge in [-0.05, 0) is 45.0 Å². The summed E-state index contributed by atoms with van der Waals surface area (Å²) in [4.78, 5) is 32.9. The van der Waals surface area contributed by atoms with Crippen molar-refractivity contribution in [3.8, 4) is 5.69 Å². The number of aromatic nitrogens is 2. The Kier molecular flexibility index (Phi) is 5.73. The van der Waals surface area contributed by atoms with Crippen molar-refractivity contribution < 1.29 is 14.3 Å². The van der Waals surface area contributed by atoms with Gasteiger partial charge in [-0.3, -0.25) is 14.3 Å². The lowest BCUT2D eigenvalue weighted by Gasteiger charge is -2.37. The number of rotatable bonds is 2. The molecule has 1 saturated heterocycles. The van der Waals surface area contributed by atoms with Crippen LogP contribution in [0, 0.1) is 0 Å². The van der Waals surface area contributed by atoms with Crippen molar-refractivity contribution in [2.75, 3.05) is 19.8 Å². The predicted octanol–water partition coefficient (Wildman–Crippen LogP) is 4.35. The number of carbonyl (C=O) groups is 1. The molecule has 1 fully saturated rings. The topological polar surface area (TPSA) is 73.7 Å². The molecule has 0 aliphatic carbocycles. The maximum atomic E-state index is 13.6. The van der Waals surface area contributed by atoms with Crippen molar-refractivity contribution >= 4 is 28.6 Å². The number of morpholine rings is 1. The smallest absolute Gasteiger partial charge is 0.411 e. The Morgan fingerprint density at radius 3 is 2.61 bits per heavy atom. The van der Waals surface area contributed by atoms with E-state index in [4.69, 9.17) is 26.1 Å². The maximum absolute atomic E-state index is 13.6. The fourth-order valence-electron chi connectivity index (χ4n) is 3.61. The highest BCUT2D eigenvalue weighted by molar-refractivity contribution is 6.35. The number of hydrogen-bond donors (Lipinski definition) is 0. The molecule has 7 nitrogen and oxygen atoms in total. The molecule has 162 valence electrons. The van der Waals surface area contributed by atoms with Crippen LogP contribution in [0.25, 0.3) is 16.6 Å². The molecule has 1 aliphatic rings. The van der Waals surface area contributed by atoms with Crippen LogP contribution in [0.2, 0.25) is 5.02 Å². The number of hydrogen-bond acceptors (Lipinski definition) is 5. The van der Waals surface area contributed by atoms with Gasteiger partial charge in [-0.25, -0.2) is 9.78 Å². The van der Waals surface area contributed by atoms with Gasteiger partial charge in [0.25, 0.3) is 5.56 Å². The number of benzene rings is 2. The van der Waals surface area contributed by atoms with Gasteiger partial charge in [0, 0.05) is 6.54 Å². The average Bonchev–Trinajstić information content (AvgIpc) is 2.73. The molecule has 0 bridgehead atoms. The minimum Gasteiger partial charge on any atom is -0.444 e. The number of para-hydroxylation sites is 1. The summed E-state index contributed by atoms with van der Waals surface area (Å²) in [5.74, 6) is 0.400. The molecule has 1 amide bonds. The lowest BCUT2D eigenvalue weighted by atomic mass is 10.1. The molecule has 0 saturated carbocycles. The Morgan fingerprint density at radius 2 is 1.90 bits per heavy atom. The van der Waals surface area contributed by atoms with E-state index in [9.17, 15) is 9.59 Å². The molecule has 1 aliphatic heterocycles. The number of fused-ring (bicyclic) bond motifs is 1. The highest BCUT2D eigenvalue weighted by atomic mass is 35.5. The van der Waals surface area contributed by atoms with E-state index in [1.807, 2.05) is 51.1 Å². The van der Waals surface area contributed by atoms with Crippen molar-refractivity contribution in [1.82, 2.24) is 14.5 Å². The van der Waals surface area contributed by atoms with Gasteiger partial charge in [0.05, 0.1) is 34.8 Å². The Labute approximate surface area is 185 Å². The Morgan fingerprint density at radius 1 is 1.16 bits per heavy atom. The third-order valence-corrected chi connectivity index (χ3v) is 5.26. The van der Waals surface area contributed by atoms with Crippen LogP contribution >= 0.6 is 11.6 Å². The van der Waals surface area contributed by atoms with Crippen LogP contribution in [0.15, 0.2) is 53.3 Å². The van der Waals surface area contributed by atoms with E-state index < -0.39 is 17.7 Å². The van der Waals surface area contributed by atoms with Crippen LogP contribution in [-0.4, -0.2) is 45.9 Å². The molecule has 2 aromatic carbocycles. The zero-order chi connectivity index (χ0) is 22.2. The zero-order valence-electron chi connectivity index (χ0n) is 17.7. The second-order valence-corrected chi connectivity index (χ2v) is 8.75. The van der Waals surface area contributed by atoms with Crippen LogP contribution in [0.3, 0.4) is 0 Å². The van der Waals surface area contributed by atoms with Crippen molar-refractivity contribution in [3.63, 3.8) is 0 Å².